The van der Waals surface area contributed by atoms with Crippen molar-refractivity contribution < 1.29 is 18.8 Å². The predicted molar refractivity (Wildman–Crippen MR) is 67.0 cm³/mol. The summed E-state index contributed by atoms with van der Waals surface area (Å²) in [5.74, 6) is -2.44. The summed E-state index contributed by atoms with van der Waals surface area (Å²) >= 11 is 0. The fourth-order valence-electron chi connectivity index (χ4n) is 1.73. The number of nitrogens with zero attached hydrogens (tertiary/aromatic N) is 1. The van der Waals surface area contributed by atoms with Gasteiger partial charge in [0.05, 0.1) is 4.92 Å². The first-order chi connectivity index (χ1) is 8.88. The fraction of sp³-hybridized carbons (Fsp3) is 0.500. The molecule has 2 N–H and O–H groups in total. The van der Waals surface area contributed by atoms with Gasteiger partial charge in [-0.2, -0.15) is 0 Å². The Hall–Kier alpha value is -1.76. The maximum atomic E-state index is 13.7. The third kappa shape index (κ3) is 3.60. The largest absolute Gasteiger partial charge is 0.396 e. The summed E-state index contributed by atoms with van der Waals surface area (Å²) < 4.78 is 26.9. The highest BCUT2D eigenvalue weighted by Crippen LogP contribution is 2.30. The Balaban J connectivity index is 3.16. The van der Waals surface area contributed by atoms with Crippen LogP contribution in [0.3, 0.4) is 0 Å². The van der Waals surface area contributed by atoms with Gasteiger partial charge in [-0.25, -0.2) is 8.78 Å². The molecule has 0 amide bonds. The summed E-state index contributed by atoms with van der Waals surface area (Å²) in [6, 6.07) is 1.24. The lowest BCUT2D eigenvalue weighted by atomic mass is 10.0. The number of halogens is 2. The van der Waals surface area contributed by atoms with Crippen LogP contribution in [0.5, 0.6) is 0 Å². The van der Waals surface area contributed by atoms with Gasteiger partial charge in [-0.1, -0.05) is 13.8 Å². The van der Waals surface area contributed by atoms with Crippen molar-refractivity contribution in [2.24, 2.45) is 5.92 Å². The Morgan fingerprint density at radius 2 is 2.05 bits per heavy atom. The Morgan fingerprint density at radius 3 is 2.53 bits per heavy atom. The van der Waals surface area contributed by atoms with Crippen molar-refractivity contribution in [3.8, 4) is 0 Å². The Kier molecular flexibility index (Phi) is 5.17. The molecular formula is C12H16F2N2O3. The van der Waals surface area contributed by atoms with E-state index < -0.39 is 27.9 Å². The first-order valence-electron chi connectivity index (χ1n) is 5.88. The van der Waals surface area contributed by atoms with E-state index in [4.69, 9.17) is 5.11 Å². The second-order valence-electron chi connectivity index (χ2n) is 4.52. The number of aliphatic hydroxyl groups is 1. The van der Waals surface area contributed by atoms with E-state index in [-0.39, 0.29) is 25.0 Å². The zero-order valence-electron chi connectivity index (χ0n) is 10.7. The molecule has 0 aromatic heterocycles. The van der Waals surface area contributed by atoms with Crippen LogP contribution < -0.4 is 5.32 Å². The van der Waals surface area contributed by atoms with Crippen molar-refractivity contribution in [3.05, 3.63) is 33.9 Å². The summed E-state index contributed by atoms with van der Waals surface area (Å²) in [5, 5.41) is 22.4. The van der Waals surface area contributed by atoms with Crippen LogP contribution in [0.4, 0.5) is 20.2 Å². The van der Waals surface area contributed by atoms with E-state index in [1.54, 1.807) is 0 Å². The zero-order valence-corrected chi connectivity index (χ0v) is 10.7. The second kappa shape index (κ2) is 6.42. The van der Waals surface area contributed by atoms with Gasteiger partial charge in [0.1, 0.15) is 0 Å². The maximum Gasteiger partial charge on any atom is 0.295 e. The third-order valence-corrected chi connectivity index (χ3v) is 2.84. The van der Waals surface area contributed by atoms with Crippen LogP contribution in [0.2, 0.25) is 0 Å². The molecule has 0 fully saturated rings. The molecule has 0 radical (unpaired) electrons. The first kappa shape index (κ1) is 15.3. The number of rotatable bonds is 6. The van der Waals surface area contributed by atoms with Gasteiger partial charge in [-0.15, -0.1) is 0 Å². The summed E-state index contributed by atoms with van der Waals surface area (Å²) in [7, 11) is 0. The number of benzene rings is 1. The molecule has 1 aromatic carbocycles. The van der Waals surface area contributed by atoms with Gasteiger partial charge < -0.3 is 10.4 Å². The second-order valence-corrected chi connectivity index (χ2v) is 4.52. The molecule has 0 saturated heterocycles. The van der Waals surface area contributed by atoms with Crippen molar-refractivity contribution in [1.29, 1.82) is 0 Å². The van der Waals surface area contributed by atoms with Crippen LogP contribution in [0.1, 0.15) is 20.3 Å². The Bertz CT molecular complexity index is 467. The van der Waals surface area contributed by atoms with Crippen molar-refractivity contribution in [3.63, 3.8) is 0 Å². The van der Waals surface area contributed by atoms with Crippen LogP contribution in [0.15, 0.2) is 12.1 Å². The average molecular weight is 274 g/mol. The summed E-state index contributed by atoms with van der Waals surface area (Å²) in [6.07, 6.45) is 0.283. The topological polar surface area (TPSA) is 75.4 Å². The molecule has 19 heavy (non-hydrogen) atoms. The number of nitro benzene ring substituents is 1. The number of hydrogen-bond acceptors (Lipinski definition) is 4. The van der Waals surface area contributed by atoms with Crippen LogP contribution in [-0.2, 0) is 0 Å². The first-order valence-corrected chi connectivity index (χ1v) is 5.88. The quantitative estimate of drug-likeness (QED) is 0.617. The van der Waals surface area contributed by atoms with Crippen molar-refractivity contribution in [2.45, 2.75) is 26.3 Å². The van der Waals surface area contributed by atoms with E-state index in [0.717, 1.165) is 12.1 Å². The van der Waals surface area contributed by atoms with Gasteiger partial charge in [0.25, 0.3) is 5.69 Å². The van der Waals surface area contributed by atoms with Crippen molar-refractivity contribution in [2.75, 3.05) is 11.9 Å². The summed E-state index contributed by atoms with van der Waals surface area (Å²) in [4.78, 5) is 10.0. The van der Waals surface area contributed by atoms with E-state index >= 15 is 0 Å². The van der Waals surface area contributed by atoms with Gasteiger partial charge in [-0.05, 0) is 18.4 Å². The molecule has 1 atom stereocenters. The molecule has 0 bridgehead atoms. The van der Waals surface area contributed by atoms with E-state index in [1.807, 2.05) is 13.8 Å². The molecule has 7 heteroatoms. The van der Waals surface area contributed by atoms with E-state index in [9.17, 15) is 18.9 Å². The minimum atomic E-state index is -1.28. The lowest BCUT2D eigenvalue weighted by Crippen LogP contribution is -2.28. The van der Waals surface area contributed by atoms with Crippen LogP contribution in [0, 0.1) is 27.7 Å². The number of nitrogens with one attached hydrogen (secondary N) is 1. The fourth-order valence-corrected chi connectivity index (χ4v) is 1.73. The van der Waals surface area contributed by atoms with Crippen LogP contribution in [-0.4, -0.2) is 22.7 Å². The van der Waals surface area contributed by atoms with Gasteiger partial charge >= 0.3 is 0 Å². The lowest BCUT2D eigenvalue weighted by molar-refractivity contribution is -0.384. The summed E-state index contributed by atoms with van der Waals surface area (Å²) in [5.41, 5.74) is -1.00. The monoisotopic (exact) mass is 274 g/mol. The van der Waals surface area contributed by atoms with Crippen LogP contribution >= 0.6 is 0 Å². The van der Waals surface area contributed by atoms with E-state index in [2.05, 4.69) is 5.32 Å². The smallest absolute Gasteiger partial charge is 0.295 e. The molecular weight excluding hydrogens is 258 g/mol. The molecule has 106 valence electrons. The minimum absolute atomic E-state index is 0.00517. The number of hydrogen-bond donors (Lipinski definition) is 2. The number of anilines is 1. The van der Waals surface area contributed by atoms with Gasteiger partial charge in [0, 0.05) is 18.7 Å². The Morgan fingerprint density at radius 1 is 1.42 bits per heavy atom. The Labute approximate surface area is 109 Å². The molecule has 0 aliphatic carbocycles. The molecule has 0 saturated carbocycles. The highest BCUT2D eigenvalue weighted by Gasteiger charge is 2.24. The SMILES string of the molecule is CC(C)C(CCO)Nc1c([N+](=O)[O-])ccc(F)c1F. The zero-order chi connectivity index (χ0) is 14.6. The van der Waals surface area contributed by atoms with E-state index in [0.29, 0.717) is 0 Å². The molecule has 0 heterocycles. The van der Waals surface area contributed by atoms with Gasteiger partial charge in [0.15, 0.2) is 17.3 Å². The lowest BCUT2D eigenvalue weighted by Gasteiger charge is -2.22. The minimum Gasteiger partial charge on any atom is -0.396 e. The van der Waals surface area contributed by atoms with Crippen molar-refractivity contribution in [1.82, 2.24) is 0 Å². The average Bonchev–Trinajstić information content (AvgIpc) is 2.33. The maximum absolute atomic E-state index is 13.7. The molecule has 5 nitrogen and oxygen atoms in total. The third-order valence-electron chi connectivity index (χ3n) is 2.84. The normalized spacial score (nSPS) is 12.5. The van der Waals surface area contributed by atoms with E-state index in [1.165, 1.54) is 0 Å². The standard InChI is InChI=1S/C12H16F2N2O3/c1-7(2)9(5-6-17)15-12-10(16(18)19)4-3-8(13)11(12)14/h3-4,7,9,15,17H,5-6H2,1-2H3. The number of nitro groups is 1. The molecule has 1 rings (SSSR count). The highest BCUT2D eigenvalue weighted by atomic mass is 19.2. The molecule has 0 spiro atoms. The molecule has 1 aromatic rings. The number of aliphatic hydroxyl groups excluding tert-OH is 1. The van der Waals surface area contributed by atoms with Gasteiger partial charge in [-0.3, -0.25) is 10.1 Å². The van der Waals surface area contributed by atoms with Crippen molar-refractivity contribution >= 4 is 11.4 Å². The molecule has 0 aliphatic heterocycles. The highest BCUT2D eigenvalue weighted by molar-refractivity contribution is 5.63. The summed E-state index contributed by atoms with van der Waals surface area (Å²) in [6.45, 7) is 3.48. The molecule has 0 aliphatic rings. The van der Waals surface area contributed by atoms with Gasteiger partial charge in [0.2, 0.25) is 0 Å². The molecule has 1 unspecified atom stereocenters. The van der Waals surface area contributed by atoms with Crippen LogP contribution in [0.25, 0.3) is 0 Å². The predicted octanol–water partition coefficient (Wildman–Crippen LogP) is 2.69.